The van der Waals surface area contributed by atoms with Crippen molar-refractivity contribution < 1.29 is 23.1 Å². The Morgan fingerprint density at radius 3 is 2.39 bits per heavy atom. The van der Waals surface area contributed by atoms with Crippen LogP contribution in [-0.2, 0) is 6.18 Å². The van der Waals surface area contributed by atoms with Crippen LogP contribution in [0.2, 0.25) is 0 Å². The van der Waals surface area contributed by atoms with E-state index in [1.807, 2.05) is 25.3 Å². The van der Waals surface area contributed by atoms with E-state index < -0.39 is 17.8 Å². The third-order valence-electron chi connectivity index (χ3n) is 4.14. The fourth-order valence-electron chi connectivity index (χ4n) is 3.10. The Bertz CT molecular complexity index is 1080. The molecule has 146 valence electrons. The zero-order valence-corrected chi connectivity index (χ0v) is 15.0. The van der Waals surface area contributed by atoms with Crippen LogP contribution in [-0.4, -0.2) is 21.9 Å². The summed E-state index contributed by atoms with van der Waals surface area (Å²) < 4.78 is 41.0. The van der Waals surface area contributed by atoms with Crippen LogP contribution in [0.15, 0.2) is 41.5 Å². The van der Waals surface area contributed by atoms with Gasteiger partial charge >= 0.3 is 12.2 Å². The highest BCUT2D eigenvalue weighted by Gasteiger charge is 2.31. The van der Waals surface area contributed by atoms with Crippen molar-refractivity contribution in [3.63, 3.8) is 0 Å². The number of carbonyl (C=O) groups is 1. The first-order valence-electron chi connectivity index (χ1n) is 8.19. The van der Waals surface area contributed by atoms with Crippen molar-refractivity contribution in [2.24, 2.45) is 10.8 Å². The Morgan fingerprint density at radius 2 is 1.82 bits per heavy atom. The summed E-state index contributed by atoms with van der Waals surface area (Å²) in [6, 6.07) is 7.63. The third kappa shape index (κ3) is 3.64. The molecule has 0 unspecified atom stereocenters. The van der Waals surface area contributed by atoms with Crippen molar-refractivity contribution in [1.29, 1.82) is 0 Å². The zero-order chi connectivity index (χ0) is 20.6. The summed E-state index contributed by atoms with van der Waals surface area (Å²) >= 11 is 0. The van der Waals surface area contributed by atoms with Gasteiger partial charge < -0.3 is 10.8 Å². The molecule has 4 N–H and O–H groups in total. The number of hydrazone groups is 1. The minimum Gasteiger partial charge on any atom is -0.494 e. The third-order valence-corrected chi connectivity index (χ3v) is 4.14. The van der Waals surface area contributed by atoms with Gasteiger partial charge in [0.25, 0.3) is 0 Å². The predicted molar refractivity (Wildman–Crippen MR) is 99.7 cm³/mol. The van der Waals surface area contributed by atoms with Crippen LogP contribution < -0.4 is 11.2 Å². The van der Waals surface area contributed by atoms with E-state index in [9.17, 15) is 23.1 Å². The number of hydrogen-bond acceptors (Lipinski definition) is 3. The minimum atomic E-state index is -4.54. The first kappa shape index (κ1) is 19.3. The maximum Gasteiger partial charge on any atom is 0.416 e. The molecular formula is C19H17F3N4O2. The van der Waals surface area contributed by atoms with Gasteiger partial charge in [-0.2, -0.15) is 18.3 Å². The lowest BCUT2D eigenvalue weighted by molar-refractivity contribution is -0.137. The summed E-state index contributed by atoms with van der Waals surface area (Å²) in [5, 5.41) is 14.7. The molecule has 0 fully saturated rings. The van der Waals surface area contributed by atoms with E-state index in [1.54, 1.807) is 12.1 Å². The molecule has 28 heavy (non-hydrogen) atoms. The number of fused-ring (bicyclic) bond motifs is 1. The number of nitrogens with two attached hydrogens (primary N) is 1. The Labute approximate surface area is 158 Å². The van der Waals surface area contributed by atoms with Crippen LogP contribution in [0.1, 0.15) is 22.3 Å². The number of benzene rings is 2. The molecule has 0 radical (unpaired) electrons. The summed E-state index contributed by atoms with van der Waals surface area (Å²) in [6.45, 7) is 3.69. The van der Waals surface area contributed by atoms with E-state index >= 15 is 0 Å². The molecule has 0 saturated carbocycles. The summed E-state index contributed by atoms with van der Waals surface area (Å²) in [4.78, 5) is 10.8. The number of rotatable bonds is 3. The molecule has 1 heterocycles. The van der Waals surface area contributed by atoms with Gasteiger partial charge in [-0.25, -0.2) is 10.2 Å². The second-order valence-electron chi connectivity index (χ2n) is 6.38. The van der Waals surface area contributed by atoms with Crippen LogP contribution >= 0.6 is 0 Å². The smallest absolute Gasteiger partial charge is 0.416 e. The second-order valence-corrected chi connectivity index (χ2v) is 6.38. The highest BCUT2D eigenvalue weighted by molar-refractivity contribution is 6.03. The Kier molecular flexibility index (Phi) is 4.76. The van der Waals surface area contributed by atoms with Crippen molar-refractivity contribution in [2.45, 2.75) is 20.0 Å². The average molecular weight is 390 g/mol. The van der Waals surface area contributed by atoms with Crippen molar-refractivity contribution >= 4 is 23.1 Å². The molecule has 0 spiro atoms. The second kappa shape index (κ2) is 6.91. The molecule has 0 atom stereocenters. The Balaban J connectivity index is 2.32. The van der Waals surface area contributed by atoms with Gasteiger partial charge in [0.2, 0.25) is 5.88 Å². The topological polar surface area (TPSA) is 92.6 Å². The lowest BCUT2D eigenvalue weighted by atomic mass is 10.1. The fraction of sp³-hybridized carbons (Fsp3) is 0.158. The number of primary amides is 1. The van der Waals surface area contributed by atoms with Crippen LogP contribution in [0.25, 0.3) is 16.6 Å². The van der Waals surface area contributed by atoms with Crippen LogP contribution in [0.4, 0.5) is 18.0 Å². The van der Waals surface area contributed by atoms with Crippen LogP contribution in [0, 0.1) is 13.8 Å². The van der Waals surface area contributed by atoms with Crippen molar-refractivity contribution in [3.05, 3.63) is 58.7 Å². The van der Waals surface area contributed by atoms with Crippen LogP contribution in [0.5, 0.6) is 5.88 Å². The van der Waals surface area contributed by atoms with E-state index in [0.29, 0.717) is 11.1 Å². The van der Waals surface area contributed by atoms with Gasteiger partial charge in [0.15, 0.2) is 0 Å². The summed E-state index contributed by atoms with van der Waals surface area (Å²) in [5.74, 6) is -0.311. The quantitative estimate of drug-likeness (QED) is 0.466. The van der Waals surface area contributed by atoms with E-state index in [4.69, 9.17) is 5.73 Å². The number of amides is 2. The maximum absolute atomic E-state index is 13.2. The van der Waals surface area contributed by atoms with Gasteiger partial charge in [0.1, 0.15) is 0 Å². The average Bonchev–Trinajstić information content (AvgIpc) is 2.84. The number of halogens is 3. The molecule has 2 amide bonds. The molecular weight excluding hydrogens is 373 g/mol. The number of hydrogen-bond donors (Lipinski definition) is 3. The lowest BCUT2D eigenvalue weighted by Gasteiger charge is -2.11. The largest absolute Gasteiger partial charge is 0.494 e. The van der Waals surface area contributed by atoms with E-state index in [2.05, 4.69) is 5.10 Å². The number of aromatic nitrogens is 1. The molecule has 3 rings (SSSR count). The first-order chi connectivity index (χ1) is 13.1. The normalized spacial score (nSPS) is 12.0. The highest BCUT2D eigenvalue weighted by Crippen LogP contribution is 2.38. The van der Waals surface area contributed by atoms with Gasteiger partial charge in [0, 0.05) is 11.1 Å². The first-order valence-corrected chi connectivity index (χ1v) is 8.19. The van der Waals surface area contributed by atoms with Gasteiger partial charge in [-0.05, 0) is 49.2 Å². The van der Waals surface area contributed by atoms with E-state index in [0.717, 1.165) is 29.5 Å². The molecule has 0 aliphatic carbocycles. The molecule has 0 aliphatic rings. The van der Waals surface area contributed by atoms with Gasteiger partial charge in [0.05, 0.1) is 22.9 Å². The number of aromatic hydroxyl groups is 1. The number of aryl methyl sites for hydroxylation is 2. The molecule has 6 nitrogen and oxygen atoms in total. The Hall–Kier alpha value is -3.49. The summed E-state index contributed by atoms with van der Waals surface area (Å²) in [7, 11) is 0. The Morgan fingerprint density at radius 1 is 1.18 bits per heavy atom. The van der Waals surface area contributed by atoms with Gasteiger partial charge in [-0.3, -0.25) is 4.57 Å². The molecule has 0 saturated heterocycles. The van der Waals surface area contributed by atoms with Crippen molar-refractivity contribution in [3.8, 4) is 11.6 Å². The number of nitrogens with zero attached hydrogens (tertiary/aromatic N) is 2. The number of urea groups is 1. The highest BCUT2D eigenvalue weighted by atomic mass is 19.4. The molecule has 2 aromatic carbocycles. The predicted octanol–water partition coefficient (Wildman–Crippen LogP) is 3.97. The fourth-order valence-corrected chi connectivity index (χ4v) is 3.10. The van der Waals surface area contributed by atoms with E-state index in [-0.39, 0.29) is 17.0 Å². The minimum absolute atomic E-state index is 0.150. The number of alkyl halides is 3. The molecule has 0 aliphatic heterocycles. The molecule has 3 aromatic rings. The molecule has 1 aromatic heterocycles. The van der Waals surface area contributed by atoms with Gasteiger partial charge in [-0.15, -0.1) is 0 Å². The summed E-state index contributed by atoms with van der Waals surface area (Å²) in [5.41, 5.74) is 8.67. The number of nitrogens with one attached hydrogen (secondary N) is 1. The molecule has 9 heteroatoms. The molecule has 0 bridgehead atoms. The van der Waals surface area contributed by atoms with Gasteiger partial charge in [-0.1, -0.05) is 12.1 Å². The SMILES string of the molecule is Cc1cc(C)cc(-n2c(O)c(C=NNC(N)=O)c3ccc(C(F)(F)F)cc32)c1. The van der Waals surface area contributed by atoms with E-state index in [1.165, 1.54) is 10.6 Å². The van der Waals surface area contributed by atoms with Crippen molar-refractivity contribution in [1.82, 2.24) is 9.99 Å². The van der Waals surface area contributed by atoms with Crippen molar-refractivity contribution in [2.75, 3.05) is 0 Å². The lowest BCUT2D eigenvalue weighted by Crippen LogP contribution is -2.24. The standard InChI is InChI=1S/C19H17F3N4O2/c1-10-5-11(2)7-13(6-10)26-16-8-12(19(20,21)22)3-4-14(16)15(17(26)27)9-24-25-18(23)28/h3-9,27H,1-2H3,(H3,23,25,28). The summed E-state index contributed by atoms with van der Waals surface area (Å²) in [6.07, 6.45) is -3.40. The zero-order valence-electron chi connectivity index (χ0n) is 15.0. The monoisotopic (exact) mass is 390 g/mol. The number of carbonyl (C=O) groups excluding carboxylic acids is 1. The van der Waals surface area contributed by atoms with Crippen LogP contribution in [0.3, 0.4) is 0 Å². The maximum atomic E-state index is 13.2.